The molecule has 3 N–H and O–H groups in total. The molecule has 3 rings (SSSR count). The monoisotopic (exact) mass is 514 g/mol. The Morgan fingerprint density at radius 2 is 2.10 bits per heavy atom. The van der Waals surface area contributed by atoms with Crippen molar-refractivity contribution in [1.29, 1.82) is 0 Å². The summed E-state index contributed by atoms with van der Waals surface area (Å²) in [7, 11) is 0. The van der Waals surface area contributed by atoms with E-state index in [1.807, 2.05) is 19.1 Å². The van der Waals surface area contributed by atoms with Crippen LogP contribution in [0, 0.1) is 0 Å². The van der Waals surface area contributed by atoms with E-state index in [2.05, 4.69) is 20.6 Å². The summed E-state index contributed by atoms with van der Waals surface area (Å²) in [6.45, 7) is 5.18. The maximum absolute atomic E-state index is 10.6. The zero-order chi connectivity index (χ0) is 19.8. The second-order valence-corrected chi connectivity index (χ2v) is 7.33. The molecule has 0 spiro atoms. The first-order valence-corrected chi connectivity index (χ1v) is 9.97. The van der Waals surface area contributed by atoms with Gasteiger partial charge in [0.2, 0.25) is 5.88 Å². The molecule has 7 nitrogen and oxygen atoms in total. The first-order chi connectivity index (χ1) is 13.6. The highest BCUT2D eigenvalue weighted by atomic mass is 127. The molecule has 0 aromatic carbocycles. The van der Waals surface area contributed by atoms with Crippen molar-refractivity contribution in [2.75, 3.05) is 13.1 Å². The van der Waals surface area contributed by atoms with Crippen LogP contribution in [0.4, 0.5) is 0 Å². The first kappa shape index (κ1) is 23.5. The van der Waals surface area contributed by atoms with Crippen molar-refractivity contribution >= 4 is 29.9 Å². The van der Waals surface area contributed by atoms with Crippen molar-refractivity contribution < 1.29 is 14.3 Å². The van der Waals surface area contributed by atoms with Gasteiger partial charge in [0.15, 0.2) is 5.96 Å². The maximum atomic E-state index is 10.6. The molecule has 0 amide bonds. The van der Waals surface area contributed by atoms with Gasteiger partial charge in [-0.1, -0.05) is 6.07 Å². The number of aliphatic hydroxyl groups is 1. The van der Waals surface area contributed by atoms with Gasteiger partial charge in [-0.05, 0) is 57.2 Å². The van der Waals surface area contributed by atoms with Crippen molar-refractivity contribution in [3.05, 3.63) is 48.0 Å². The largest absolute Gasteiger partial charge is 0.474 e. The van der Waals surface area contributed by atoms with Gasteiger partial charge in [0.25, 0.3) is 0 Å². The maximum Gasteiger partial charge on any atom is 0.213 e. The van der Waals surface area contributed by atoms with E-state index in [4.69, 9.17) is 9.15 Å². The zero-order valence-corrected chi connectivity index (χ0v) is 19.4. The summed E-state index contributed by atoms with van der Waals surface area (Å²) in [6, 6.07) is 7.41. The molecule has 1 atom stereocenters. The lowest BCUT2D eigenvalue weighted by Gasteiger charge is -2.22. The molecule has 0 saturated heterocycles. The molecule has 29 heavy (non-hydrogen) atoms. The van der Waals surface area contributed by atoms with Crippen molar-refractivity contribution in [3.63, 3.8) is 0 Å². The molecule has 1 fully saturated rings. The summed E-state index contributed by atoms with van der Waals surface area (Å²) >= 11 is 0. The summed E-state index contributed by atoms with van der Waals surface area (Å²) < 4.78 is 11.2. The highest BCUT2D eigenvalue weighted by Gasteiger charge is 2.26. The van der Waals surface area contributed by atoms with Crippen molar-refractivity contribution in [2.45, 2.75) is 57.8 Å². The molecular formula is C21H31IN4O3. The Morgan fingerprint density at radius 1 is 1.31 bits per heavy atom. The van der Waals surface area contributed by atoms with E-state index >= 15 is 0 Å². The van der Waals surface area contributed by atoms with Gasteiger partial charge in [-0.2, -0.15) is 0 Å². The van der Waals surface area contributed by atoms with Crippen molar-refractivity contribution in [3.8, 4) is 5.88 Å². The molecule has 1 aliphatic rings. The standard InChI is InChI=1S/C21H30N4O3.HI/c1-3-22-20(25-15-21(2,26)18-9-6-12-27-18)24-14-16-10-11-19(23-13-16)28-17-7-4-5-8-17;/h6,9-13,17,26H,3-5,7-8,14-15H2,1-2H3,(H2,22,24,25);1H. The molecule has 2 aromatic heterocycles. The summed E-state index contributed by atoms with van der Waals surface area (Å²) in [5.74, 6) is 1.82. The van der Waals surface area contributed by atoms with Gasteiger partial charge < -0.3 is 24.9 Å². The number of hydrogen-bond donors (Lipinski definition) is 3. The Balaban J connectivity index is 0.00000300. The quantitative estimate of drug-likeness (QED) is 0.284. The fourth-order valence-electron chi connectivity index (χ4n) is 3.19. The lowest BCUT2D eigenvalue weighted by Crippen LogP contribution is -2.44. The second-order valence-electron chi connectivity index (χ2n) is 7.33. The van der Waals surface area contributed by atoms with Crippen LogP contribution < -0.4 is 15.4 Å². The highest BCUT2D eigenvalue weighted by Crippen LogP contribution is 2.23. The van der Waals surface area contributed by atoms with Crippen LogP contribution in [0.5, 0.6) is 5.88 Å². The van der Waals surface area contributed by atoms with Crippen LogP contribution in [-0.2, 0) is 12.1 Å². The molecule has 1 aliphatic carbocycles. The van der Waals surface area contributed by atoms with Crippen LogP contribution in [-0.4, -0.2) is 35.2 Å². The van der Waals surface area contributed by atoms with Gasteiger partial charge in [0, 0.05) is 18.8 Å². The zero-order valence-electron chi connectivity index (χ0n) is 17.1. The Morgan fingerprint density at radius 3 is 2.72 bits per heavy atom. The highest BCUT2D eigenvalue weighted by molar-refractivity contribution is 14.0. The number of halogens is 1. The number of aromatic nitrogens is 1. The van der Waals surface area contributed by atoms with Crippen LogP contribution in [0.3, 0.4) is 0 Å². The Hall–Kier alpha value is -1.81. The average Bonchev–Trinajstić information content (AvgIpc) is 3.39. The second kappa shape index (κ2) is 11.4. The number of furan rings is 1. The van der Waals surface area contributed by atoms with Crippen LogP contribution >= 0.6 is 24.0 Å². The lowest BCUT2D eigenvalue weighted by atomic mass is 10.0. The average molecular weight is 514 g/mol. The summed E-state index contributed by atoms with van der Waals surface area (Å²) in [5.41, 5.74) is -0.130. The smallest absolute Gasteiger partial charge is 0.213 e. The fourth-order valence-corrected chi connectivity index (χ4v) is 3.19. The van der Waals surface area contributed by atoms with Crippen molar-refractivity contribution in [1.82, 2.24) is 15.6 Å². The topological polar surface area (TPSA) is 91.9 Å². The Labute approximate surface area is 189 Å². The SMILES string of the molecule is CCNC(=NCc1ccc(OC2CCCC2)nc1)NCC(C)(O)c1ccco1.I. The minimum Gasteiger partial charge on any atom is -0.474 e. The molecule has 0 bridgehead atoms. The number of ether oxygens (including phenoxy) is 1. The first-order valence-electron chi connectivity index (χ1n) is 9.97. The van der Waals surface area contributed by atoms with E-state index in [0.29, 0.717) is 30.2 Å². The number of nitrogens with zero attached hydrogens (tertiary/aromatic N) is 2. The third-order valence-corrected chi connectivity index (χ3v) is 4.80. The minimum atomic E-state index is -1.12. The number of pyridine rings is 1. The van der Waals surface area contributed by atoms with Crippen LogP contribution in [0.25, 0.3) is 0 Å². The van der Waals surface area contributed by atoms with Crippen LogP contribution in [0.2, 0.25) is 0 Å². The predicted molar refractivity (Wildman–Crippen MR) is 124 cm³/mol. The summed E-state index contributed by atoms with van der Waals surface area (Å²) in [6.07, 6.45) is 8.38. The van der Waals surface area contributed by atoms with Gasteiger partial charge in [0.05, 0.1) is 19.4 Å². The number of aliphatic imine (C=N–C) groups is 1. The molecule has 2 heterocycles. The normalized spacial score (nSPS) is 16.7. The lowest BCUT2D eigenvalue weighted by molar-refractivity contribution is 0.0386. The van der Waals surface area contributed by atoms with E-state index in [-0.39, 0.29) is 30.5 Å². The molecular weight excluding hydrogens is 483 g/mol. The molecule has 0 aliphatic heterocycles. The van der Waals surface area contributed by atoms with E-state index in [9.17, 15) is 5.11 Å². The molecule has 160 valence electrons. The van der Waals surface area contributed by atoms with E-state index < -0.39 is 5.60 Å². The van der Waals surface area contributed by atoms with Gasteiger partial charge in [-0.25, -0.2) is 9.98 Å². The molecule has 8 heteroatoms. The molecule has 2 aromatic rings. The van der Waals surface area contributed by atoms with Gasteiger partial charge in [-0.15, -0.1) is 24.0 Å². The van der Waals surface area contributed by atoms with Crippen molar-refractivity contribution in [2.24, 2.45) is 4.99 Å². The molecule has 1 saturated carbocycles. The van der Waals surface area contributed by atoms with E-state index in [1.165, 1.54) is 12.8 Å². The number of guanidine groups is 1. The minimum absolute atomic E-state index is 0. The predicted octanol–water partition coefficient (Wildman–Crippen LogP) is 3.58. The van der Waals surface area contributed by atoms with E-state index in [0.717, 1.165) is 24.9 Å². The fraction of sp³-hybridized carbons (Fsp3) is 0.524. The molecule has 0 radical (unpaired) electrons. The van der Waals surface area contributed by atoms with Gasteiger partial charge in [-0.3, -0.25) is 0 Å². The third-order valence-electron chi connectivity index (χ3n) is 4.80. The van der Waals surface area contributed by atoms with Gasteiger partial charge >= 0.3 is 0 Å². The number of hydrogen-bond acceptors (Lipinski definition) is 5. The molecule has 1 unspecified atom stereocenters. The summed E-state index contributed by atoms with van der Waals surface area (Å²) in [4.78, 5) is 8.97. The van der Waals surface area contributed by atoms with Crippen LogP contribution in [0.15, 0.2) is 46.1 Å². The van der Waals surface area contributed by atoms with Gasteiger partial charge in [0.1, 0.15) is 17.5 Å². The number of nitrogens with one attached hydrogen (secondary N) is 2. The van der Waals surface area contributed by atoms with Crippen LogP contribution in [0.1, 0.15) is 50.9 Å². The third kappa shape index (κ3) is 7.18. The van der Waals surface area contributed by atoms with E-state index in [1.54, 1.807) is 31.5 Å². The summed E-state index contributed by atoms with van der Waals surface area (Å²) in [5, 5.41) is 16.9. The number of rotatable bonds is 8. The Kier molecular flexibility index (Phi) is 9.22. The Bertz CT molecular complexity index is 742.